The lowest BCUT2D eigenvalue weighted by Crippen LogP contribution is -2.30. The molecule has 2 aromatic carbocycles. The molecule has 4 rings (SSSR count). The normalized spacial score (nSPS) is 17.4. The van der Waals surface area contributed by atoms with Crippen molar-refractivity contribution in [3.8, 4) is 5.75 Å². The lowest BCUT2D eigenvalue weighted by atomic mass is 9.99. The van der Waals surface area contributed by atoms with Crippen LogP contribution in [0.5, 0.6) is 5.75 Å². The Kier molecular flexibility index (Phi) is 4.89. The van der Waals surface area contributed by atoms with Gasteiger partial charge in [-0.25, -0.2) is 13.2 Å². The maximum absolute atomic E-state index is 14.7. The molecule has 0 unspecified atom stereocenters. The van der Waals surface area contributed by atoms with E-state index in [2.05, 4.69) is 0 Å². The number of halogens is 3. The van der Waals surface area contributed by atoms with Crippen LogP contribution in [0.3, 0.4) is 0 Å². The molecule has 0 amide bonds. The number of hydrogen-bond acceptors (Lipinski definition) is 2. The van der Waals surface area contributed by atoms with Crippen LogP contribution in [0.15, 0.2) is 48.7 Å². The monoisotopic (exact) mass is 386 g/mol. The van der Waals surface area contributed by atoms with Gasteiger partial charge in [-0.15, -0.1) is 0 Å². The van der Waals surface area contributed by atoms with E-state index in [4.69, 9.17) is 0 Å². The fourth-order valence-corrected chi connectivity index (χ4v) is 3.97. The van der Waals surface area contributed by atoms with Crippen molar-refractivity contribution in [1.29, 1.82) is 0 Å². The molecule has 0 radical (unpaired) electrons. The highest BCUT2D eigenvalue weighted by atomic mass is 19.2. The van der Waals surface area contributed by atoms with Gasteiger partial charge in [0.1, 0.15) is 11.6 Å². The Morgan fingerprint density at radius 1 is 1.00 bits per heavy atom. The number of nitrogens with zero attached hydrogens (tertiary/aromatic N) is 2. The van der Waals surface area contributed by atoms with Gasteiger partial charge in [0.25, 0.3) is 0 Å². The Bertz CT molecular complexity index is 1020. The second-order valence-electron chi connectivity index (χ2n) is 7.27. The summed E-state index contributed by atoms with van der Waals surface area (Å²) in [6.07, 6.45) is 2.73. The van der Waals surface area contributed by atoms with E-state index >= 15 is 0 Å². The predicted molar refractivity (Wildman–Crippen MR) is 100 cm³/mol. The van der Waals surface area contributed by atoms with Crippen LogP contribution in [0.25, 0.3) is 0 Å². The van der Waals surface area contributed by atoms with Gasteiger partial charge in [-0.2, -0.15) is 0 Å². The number of phenolic OH excluding ortho intramolecular Hbond substituents is 1. The largest absolute Gasteiger partial charge is 0.508 e. The smallest absolute Gasteiger partial charge is 0.161 e. The van der Waals surface area contributed by atoms with Gasteiger partial charge in [-0.3, -0.25) is 4.90 Å². The third-order valence-electron chi connectivity index (χ3n) is 5.30. The molecule has 0 saturated carbocycles. The van der Waals surface area contributed by atoms with Gasteiger partial charge < -0.3 is 9.67 Å². The van der Waals surface area contributed by atoms with E-state index in [0.717, 1.165) is 30.3 Å². The van der Waals surface area contributed by atoms with Crippen molar-refractivity contribution < 1.29 is 18.3 Å². The van der Waals surface area contributed by atoms with Gasteiger partial charge in [0, 0.05) is 48.7 Å². The fourth-order valence-electron chi connectivity index (χ4n) is 3.97. The Morgan fingerprint density at radius 2 is 1.79 bits per heavy atom. The molecular weight excluding hydrogens is 365 g/mol. The molecule has 0 spiro atoms. The van der Waals surface area contributed by atoms with E-state index in [-0.39, 0.29) is 11.3 Å². The zero-order valence-corrected chi connectivity index (χ0v) is 15.5. The topological polar surface area (TPSA) is 28.4 Å². The average Bonchev–Trinajstić information content (AvgIpc) is 3.04. The average molecular weight is 386 g/mol. The summed E-state index contributed by atoms with van der Waals surface area (Å²) < 4.78 is 44.2. The molecule has 0 bridgehead atoms. The van der Waals surface area contributed by atoms with Crippen molar-refractivity contribution in [2.24, 2.45) is 0 Å². The molecule has 1 aromatic heterocycles. The number of rotatable bonds is 3. The third kappa shape index (κ3) is 3.40. The van der Waals surface area contributed by atoms with E-state index in [1.165, 1.54) is 0 Å². The molecule has 3 nitrogen and oxygen atoms in total. The van der Waals surface area contributed by atoms with E-state index in [9.17, 15) is 18.3 Å². The van der Waals surface area contributed by atoms with Crippen LogP contribution in [0.2, 0.25) is 0 Å². The van der Waals surface area contributed by atoms with Gasteiger partial charge in [-0.05, 0) is 37.6 Å². The number of aryl methyl sites for hydroxylation is 2. The highest BCUT2D eigenvalue weighted by Crippen LogP contribution is 2.36. The van der Waals surface area contributed by atoms with Gasteiger partial charge in [0.15, 0.2) is 11.6 Å². The second kappa shape index (κ2) is 7.36. The van der Waals surface area contributed by atoms with Crippen LogP contribution in [0, 0.1) is 24.4 Å². The zero-order chi connectivity index (χ0) is 19.8. The van der Waals surface area contributed by atoms with Crippen LogP contribution >= 0.6 is 0 Å². The molecular formula is C22H21F3N2O. The number of aromatic hydroxyl groups is 1. The summed E-state index contributed by atoms with van der Waals surface area (Å²) in [6, 6.07) is 10.0. The molecule has 28 heavy (non-hydrogen) atoms. The van der Waals surface area contributed by atoms with Crippen molar-refractivity contribution >= 4 is 0 Å². The molecule has 3 aromatic rings. The molecule has 146 valence electrons. The molecule has 2 heterocycles. The Morgan fingerprint density at radius 3 is 2.61 bits per heavy atom. The van der Waals surface area contributed by atoms with Gasteiger partial charge in [-0.1, -0.05) is 17.7 Å². The quantitative estimate of drug-likeness (QED) is 0.648. The lowest BCUT2D eigenvalue weighted by molar-refractivity contribution is 0.213. The second-order valence-corrected chi connectivity index (χ2v) is 7.27. The number of aromatic nitrogens is 1. The maximum Gasteiger partial charge on any atom is 0.161 e. The van der Waals surface area contributed by atoms with E-state index < -0.39 is 23.5 Å². The summed E-state index contributed by atoms with van der Waals surface area (Å²) in [5.41, 5.74) is 2.62. The summed E-state index contributed by atoms with van der Waals surface area (Å²) in [5.74, 6) is -2.89. The van der Waals surface area contributed by atoms with Gasteiger partial charge in [0.2, 0.25) is 0 Å². The number of fused-ring (bicyclic) bond motifs is 1. The minimum absolute atomic E-state index is 0.0906. The van der Waals surface area contributed by atoms with Crippen molar-refractivity contribution in [3.63, 3.8) is 0 Å². The molecule has 1 aliphatic rings. The number of phenols is 1. The molecule has 6 heteroatoms. The van der Waals surface area contributed by atoms with Crippen LogP contribution < -0.4 is 0 Å². The Balaban J connectivity index is 1.82. The SMILES string of the molecule is Cc1ccc(O)c(CN2CCCn3cccc3[C@H]2c2cc(F)c(F)cc2F)c1. The summed E-state index contributed by atoms with van der Waals surface area (Å²) in [4.78, 5) is 2.00. The molecule has 1 N–H and O–H groups in total. The minimum Gasteiger partial charge on any atom is -0.508 e. The first kappa shape index (κ1) is 18.6. The van der Waals surface area contributed by atoms with Gasteiger partial charge >= 0.3 is 0 Å². The highest BCUT2D eigenvalue weighted by molar-refractivity contribution is 5.37. The first-order valence-corrected chi connectivity index (χ1v) is 9.26. The fraction of sp³-hybridized carbons (Fsp3) is 0.273. The van der Waals surface area contributed by atoms with Crippen molar-refractivity contribution in [3.05, 3.63) is 88.5 Å². The van der Waals surface area contributed by atoms with E-state index in [1.54, 1.807) is 6.07 Å². The first-order chi connectivity index (χ1) is 13.4. The van der Waals surface area contributed by atoms with Gasteiger partial charge in [0.05, 0.1) is 6.04 Å². The van der Waals surface area contributed by atoms with Crippen molar-refractivity contribution in [2.75, 3.05) is 6.54 Å². The lowest BCUT2D eigenvalue weighted by Gasteiger charge is -2.31. The molecule has 0 aliphatic carbocycles. The first-order valence-electron chi connectivity index (χ1n) is 9.26. The van der Waals surface area contributed by atoms with Crippen LogP contribution in [0.4, 0.5) is 13.2 Å². The summed E-state index contributed by atoms with van der Waals surface area (Å²) in [7, 11) is 0. The molecule has 0 saturated heterocycles. The third-order valence-corrected chi connectivity index (χ3v) is 5.30. The zero-order valence-electron chi connectivity index (χ0n) is 15.5. The molecule has 0 fully saturated rings. The highest BCUT2D eigenvalue weighted by Gasteiger charge is 2.31. The Labute approximate surface area is 161 Å². The van der Waals surface area contributed by atoms with E-state index in [1.807, 2.05) is 46.9 Å². The van der Waals surface area contributed by atoms with Crippen LogP contribution in [-0.2, 0) is 13.1 Å². The summed E-state index contributed by atoms with van der Waals surface area (Å²) in [5, 5.41) is 10.3. The predicted octanol–water partition coefficient (Wildman–Crippen LogP) is 4.91. The van der Waals surface area contributed by atoms with Crippen molar-refractivity contribution in [1.82, 2.24) is 9.47 Å². The standard InChI is InChI=1S/C22H21F3N2O/c1-14-5-6-21(28)15(10-14)13-27-9-3-8-26-7-2-4-20(26)22(27)16-11-18(24)19(25)12-17(16)23/h2,4-7,10-12,22,28H,3,8-9,13H2,1H3/t22-/m1/s1. The summed E-state index contributed by atoms with van der Waals surface area (Å²) >= 11 is 0. The number of benzene rings is 2. The number of hydrogen-bond donors (Lipinski definition) is 1. The molecule has 1 atom stereocenters. The van der Waals surface area contributed by atoms with Crippen LogP contribution in [0.1, 0.15) is 34.8 Å². The molecule has 1 aliphatic heterocycles. The van der Waals surface area contributed by atoms with E-state index in [0.29, 0.717) is 24.7 Å². The van der Waals surface area contributed by atoms with Crippen LogP contribution in [-0.4, -0.2) is 21.1 Å². The van der Waals surface area contributed by atoms with Crippen molar-refractivity contribution in [2.45, 2.75) is 32.5 Å². The maximum atomic E-state index is 14.7. The Hall–Kier alpha value is -2.73. The summed E-state index contributed by atoms with van der Waals surface area (Å²) in [6.45, 7) is 3.67. The minimum atomic E-state index is -1.20.